The monoisotopic (exact) mass is 200 g/mol. The minimum absolute atomic E-state index is 0.756. The molecule has 1 rings (SSSR count). The molecule has 1 unspecified atom stereocenters. The summed E-state index contributed by atoms with van der Waals surface area (Å²) in [6.07, 6.45) is 3.88. The molecule has 1 heterocycles. The van der Waals surface area contributed by atoms with Crippen molar-refractivity contribution in [2.75, 3.05) is 18.8 Å². The highest BCUT2D eigenvalue weighted by Gasteiger charge is 2.10. The van der Waals surface area contributed by atoms with E-state index >= 15 is 0 Å². The molecule has 0 saturated heterocycles. The average Bonchev–Trinajstić information content (AvgIpc) is 2.15. The summed E-state index contributed by atoms with van der Waals surface area (Å²) in [5.41, 5.74) is 0. The molecule has 0 aliphatic carbocycles. The number of amidine groups is 1. The van der Waals surface area contributed by atoms with Gasteiger partial charge in [-0.05, 0) is 12.3 Å². The predicted octanol–water partition coefficient (Wildman–Crippen LogP) is 2.51. The van der Waals surface area contributed by atoms with Crippen LogP contribution in [0.15, 0.2) is 4.99 Å². The van der Waals surface area contributed by atoms with Crippen LogP contribution in [0.3, 0.4) is 0 Å². The molecule has 2 nitrogen and oxygen atoms in total. The Morgan fingerprint density at radius 2 is 2.38 bits per heavy atom. The first-order chi connectivity index (χ1) is 6.33. The average molecular weight is 200 g/mol. The van der Waals surface area contributed by atoms with Crippen molar-refractivity contribution < 1.29 is 0 Å². The van der Waals surface area contributed by atoms with E-state index < -0.39 is 0 Å². The molecule has 0 fully saturated rings. The molecule has 0 radical (unpaired) electrons. The highest BCUT2D eigenvalue weighted by molar-refractivity contribution is 8.13. The van der Waals surface area contributed by atoms with E-state index in [1.165, 1.54) is 25.0 Å². The summed E-state index contributed by atoms with van der Waals surface area (Å²) in [4.78, 5) is 4.48. The van der Waals surface area contributed by atoms with Gasteiger partial charge in [0.25, 0.3) is 0 Å². The van der Waals surface area contributed by atoms with Gasteiger partial charge in [-0.15, -0.1) is 0 Å². The Morgan fingerprint density at radius 3 is 3.00 bits per heavy atom. The normalized spacial score (nSPS) is 22.6. The maximum atomic E-state index is 4.48. The van der Waals surface area contributed by atoms with Crippen molar-refractivity contribution in [2.45, 2.75) is 33.1 Å². The number of aliphatic imine (C=N–C) groups is 1. The summed E-state index contributed by atoms with van der Waals surface area (Å²) in [6, 6.07) is 0. The van der Waals surface area contributed by atoms with Crippen molar-refractivity contribution in [3.05, 3.63) is 0 Å². The number of rotatable bonds is 4. The topological polar surface area (TPSA) is 24.4 Å². The second kappa shape index (κ2) is 6.30. The van der Waals surface area contributed by atoms with Crippen LogP contribution in [0.2, 0.25) is 0 Å². The van der Waals surface area contributed by atoms with Crippen molar-refractivity contribution in [3.8, 4) is 0 Å². The quantitative estimate of drug-likeness (QED) is 0.705. The molecule has 1 N–H and O–H groups in total. The van der Waals surface area contributed by atoms with Crippen LogP contribution in [-0.2, 0) is 0 Å². The Kier molecular flexibility index (Phi) is 5.28. The third-order valence-corrected chi connectivity index (χ3v) is 3.39. The van der Waals surface area contributed by atoms with Crippen LogP contribution in [-0.4, -0.2) is 24.0 Å². The van der Waals surface area contributed by atoms with Crippen LogP contribution in [0.1, 0.15) is 33.1 Å². The minimum Gasteiger partial charge on any atom is -0.365 e. The van der Waals surface area contributed by atoms with E-state index in [4.69, 9.17) is 0 Å². The second-order valence-electron chi connectivity index (χ2n) is 3.70. The summed E-state index contributed by atoms with van der Waals surface area (Å²) >= 11 is 1.87. The van der Waals surface area contributed by atoms with E-state index in [1.807, 2.05) is 11.8 Å². The van der Waals surface area contributed by atoms with Gasteiger partial charge in [-0.2, -0.15) is 0 Å². The molecule has 1 atom stereocenters. The standard InChI is InChI=1S/C10H20N2S/c1-3-4-5-6-11-10-12-7-9(2)8-13-10/h9H,3-8H2,1-2H3,(H,11,12). The lowest BCUT2D eigenvalue weighted by atomic mass is 10.2. The molecular formula is C10H20N2S. The fraction of sp³-hybridized carbons (Fsp3) is 0.900. The number of hydrogen-bond donors (Lipinski definition) is 1. The highest BCUT2D eigenvalue weighted by atomic mass is 32.2. The Balaban J connectivity index is 2.08. The maximum Gasteiger partial charge on any atom is 0.156 e. The summed E-state index contributed by atoms with van der Waals surface area (Å²) in [7, 11) is 0. The van der Waals surface area contributed by atoms with Gasteiger partial charge >= 0.3 is 0 Å². The van der Waals surface area contributed by atoms with Gasteiger partial charge in [0, 0.05) is 18.8 Å². The van der Waals surface area contributed by atoms with Crippen LogP contribution in [0.4, 0.5) is 0 Å². The zero-order valence-electron chi connectivity index (χ0n) is 8.68. The smallest absolute Gasteiger partial charge is 0.156 e. The van der Waals surface area contributed by atoms with Gasteiger partial charge in [0.05, 0.1) is 0 Å². The third-order valence-electron chi connectivity index (χ3n) is 2.11. The summed E-state index contributed by atoms with van der Waals surface area (Å²) in [5.74, 6) is 1.98. The molecule has 0 aromatic heterocycles. The molecular weight excluding hydrogens is 180 g/mol. The Hall–Kier alpha value is -0.180. The van der Waals surface area contributed by atoms with Crippen molar-refractivity contribution in [1.82, 2.24) is 5.32 Å². The van der Waals surface area contributed by atoms with Crippen LogP contribution in [0.25, 0.3) is 0 Å². The van der Waals surface area contributed by atoms with Gasteiger partial charge in [0.15, 0.2) is 5.17 Å². The number of nitrogens with zero attached hydrogens (tertiary/aromatic N) is 1. The zero-order valence-corrected chi connectivity index (χ0v) is 9.49. The fourth-order valence-corrected chi connectivity index (χ4v) is 2.15. The lowest BCUT2D eigenvalue weighted by Gasteiger charge is -2.17. The van der Waals surface area contributed by atoms with Crippen LogP contribution >= 0.6 is 11.8 Å². The third kappa shape index (κ3) is 4.55. The van der Waals surface area contributed by atoms with E-state index in [1.54, 1.807) is 0 Å². The molecule has 76 valence electrons. The van der Waals surface area contributed by atoms with Gasteiger partial charge in [0.1, 0.15) is 0 Å². The lowest BCUT2D eigenvalue weighted by Crippen LogP contribution is -2.26. The van der Waals surface area contributed by atoms with Crippen molar-refractivity contribution in [3.63, 3.8) is 0 Å². The number of thioether (sulfide) groups is 1. The summed E-state index contributed by atoms with van der Waals surface area (Å²) in [5, 5.41) is 4.55. The fourth-order valence-electron chi connectivity index (χ4n) is 1.24. The maximum absolute atomic E-state index is 4.48. The Morgan fingerprint density at radius 1 is 1.54 bits per heavy atom. The van der Waals surface area contributed by atoms with Gasteiger partial charge in [-0.1, -0.05) is 38.5 Å². The summed E-state index contributed by atoms with van der Waals surface area (Å²) in [6.45, 7) is 6.58. The minimum atomic E-state index is 0.756. The Labute approximate surface area is 85.6 Å². The van der Waals surface area contributed by atoms with Gasteiger partial charge < -0.3 is 5.32 Å². The van der Waals surface area contributed by atoms with Gasteiger partial charge in [-0.3, -0.25) is 4.99 Å². The largest absolute Gasteiger partial charge is 0.365 e. The predicted molar refractivity (Wildman–Crippen MR) is 61.5 cm³/mol. The van der Waals surface area contributed by atoms with Crippen molar-refractivity contribution in [2.24, 2.45) is 10.9 Å². The van der Waals surface area contributed by atoms with Crippen molar-refractivity contribution >= 4 is 16.9 Å². The molecule has 1 aliphatic heterocycles. The van der Waals surface area contributed by atoms with E-state index in [9.17, 15) is 0 Å². The number of nitrogens with one attached hydrogen (secondary N) is 1. The summed E-state index contributed by atoms with van der Waals surface area (Å²) < 4.78 is 0. The highest BCUT2D eigenvalue weighted by Crippen LogP contribution is 2.15. The van der Waals surface area contributed by atoms with E-state index in [-0.39, 0.29) is 0 Å². The van der Waals surface area contributed by atoms with Gasteiger partial charge in [0.2, 0.25) is 0 Å². The van der Waals surface area contributed by atoms with Crippen LogP contribution in [0.5, 0.6) is 0 Å². The first-order valence-corrected chi connectivity index (χ1v) is 6.22. The van der Waals surface area contributed by atoms with Crippen LogP contribution < -0.4 is 5.32 Å². The van der Waals surface area contributed by atoms with E-state index in [0.29, 0.717) is 0 Å². The molecule has 0 saturated carbocycles. The molecule has 1 aliphatic rings. The molecule has 0 aromatic rings. The second-order valence-corrected chi connectivity index (χ2v) is 4.70. The van der Waals surface area contributed by atoms with E-state index in [2.05, 4.69) is 24.2 Å². The molecule has 0 spiro atoms. The SMILES string of the molecule is CCCCCNC1=NCC(C)CS1. The van der Waals surface area contributed by atoms with Crippen molar-refractivity contribution in [1.29, 1.82) is 0 Å². The molecule has 0 aromatic carbocycles. The first kappa shape index (κ1) is 10.9. The van der Waals surface area contributed by atoms with Gasteiger partial charge in [-0.25, -0.2) is 0 Å². The number of hydrogen-bond acceptors (Lipinski definition) is 3. The number of unbranched alkanes of at least 4 members (excludes halogenated alkanes) is 2. The zero-order chi connectivity index (χ0) is 9.52. The Bertz CT molecular complexity index is 168. The molecule has 0 amide bonds. The molecule has 13 heavy (non-hydrogen) atoms. The van der Waals surface area contributed by atoms with E-state index in [0.717, 1.165) is 24.2 Å². The van der Waals surface area contributed by atoms with Crippen LogP contribution in [0, 0.1) is 5.92 Å². The lowest BCUT2D eigenvalue weighted by molar-refractivity contribution is 0.661. The molecule has 3 heteroatoms. The molecule has 0 bridgehead atoms. The first-order valence-electron chi connectivity index (χ1n) is 5.24.